The van der Waals surface area contributed by atoms with Crippen molar-refractivity contribution in [1.82, 2.24) is 37.9 Å². The third-order valence-electron chi connectivity index (χ3n) is 13.8. The average molecular weight is 1130 g/mol. The van der Waals surface area contributed by atoms with Gasteiger partial charge in [-0.2, -0.15) is 5.10 Å². The second-order valence-electron chi connectivity index (χ2n) is 19.7. The molecule has 13 nitrogen and oxygen atoms in total. The number of imidazole rings is 3. The van der Waals surface area contributed by atoms with Crippen LogP contribution in [0.25, 0.3) is 50.7 Å². The third-order valence-corrected chi connectivity index (χ3v) is 16.9. The smallest absolute Gasteiger partial charge is 0.186 e. The lowest BCUT2D eigenvalue weighted by molar-refractivity contribution is 0.0977. The van der Waals surface area contributed by atoms with Gasteiger partial charge in [0.15, 0.2) is 17.3 Å². The van der Waals surface area contributed by atoms with Gasteiger partial charge in [0.05, 0.1) is 87.3 Å². The Morgan fingerprint density at radius 2 is 0.926 bits per heavy atom. The number of methoxy groups -OCH3 is 2. The van der Waals surface area contributed by atoms with Gasteiger partial charge in [-0.3, -0.25) is 19.1 Å². The molecule has 408 valence electrons. The van der Waals surface area contributed by atoms with Crippen molar-refractivity contribution < 1.29 is 23.9 Å². The molecule has 0 saturated carbocycles. The van der Waals surface area contributed by atoms with Gasteiger partial charge >= 0.3 is 0 Å². The van der Waals surface area contributed by atoms with Crippen LogP contribution in [0, 0.1) is 34.6 Å². The van der Waals surface area contributed by atoms with Crippen LogP contribution in [0.1, 0.15) is 74.9 Å². The van der Waals surface area contributed by atoms with E-state index in [-0.39, 0.29) is 23.8 Å². The predicted molar refractivity (Wildman–Crippen MR) is 326 cm³/mol. The van der Waals surface area contributed by atoms with E-state index < -0.39 is 0 Å². The molecule has 0 N–H and O–H groups in total. The molecule has 81 heavy (non-hydrogen) atoms. The Kier molecular flexibility index (Phi) is 16.7. The molecule has 0 aliphatic rings. The number of hydrogen-bond acceptors (Lipinski definition) is 12. The normalized spacial score (nSPS) is 11.1. The summed E-state index contributed by atoms with van der Waals surface area (Å²) in [7, 11) is 5.08. The number of ether oxygens (including phenoxy) is 2. The maximum atomic E-state index is 13.0. The molecule has 12 aromatic rings. The number of Topliss-reactive ketones (excluding diaryl/α,β-unsaturated/α-hetero) is 3. The van der Waals surface area contributed by atoms with Crippen LogP contribution in [0.15, 0.2) is 168 Å². The van der Waals surface area contributed by atoms with E-state index in [1.165, 1.54) is 16.9 Å². The summed E-state index contributed by atoms with van der Waals surface area (Å²) < 4.78 is 19.4. The lowest BCUT2D eigenvalue weighted by Crippen LogP contribution is -2.11. The Hall–Kier alpha value is -8.70. The van der Waals surface area contributed by atoms with Crippen molar-refractivity contribution in [2.45, 2.75) is 58.1 Å². The van der Waals surface area contributed by atoms with Crippen LogP contribution in [0.5, 0.6) is 11.5 Å². The standard InChI is InChI=1S/C22H22N4O2.C22H20N2OS2.C21H18N2O2S/c1-14-5-10-21-23-22(16-6-8-17(28-4)9-7-16)19(26(21)13-14)12-20(27)18-11-15(2)24-25(18)3;1-14-4-7-16(8-5-14)22-17(24-13-15(2)6-10-20(24)23-22)12-18(25)19-9-11-21(26-3)27-19;1-14-5-10-20-22-21(15-6-8-16(25-2)9-7-15)17(23(20)13-14)12-18(24)19-4-3-11-26-19/h5-11,13H,12H2,1-4H3;4-11,13H,12H2,1-3H3;3-11,13H,12H2,1-2H3. The summed E-state index contributed by atoms with van der Waals surface area (Å²) in [6, 6.07) is 45.5. The first-order valence-corrected chi connectivity index (χ1v) is 29.1. The summed E-state index contributed by atoms with van der Waals surface area (Å²) in [5.74, 6) is 1.84. The zero-order valence-electron chi connectivity index (χ0n) is 46.6. The van der Waals surface area contributed by atoms with E-state index in [4.69, 9.17) is 24.4 Å². The number of hydrogen-bond donors (Lipinski definition) is 0. The molecule has 0 atom stereocenters. The van der Waals surface area contributed by atoms with Crippen molar-refractivity contribution in [1.29, 1.82) is 0 Å². The van der Waals surface area contributed by atoms with Gasteiger partial charge < -0.3 is 22.7 Å². The highest BCUT2D eigenvalue weighted by Crippen LogP contribution is 2.32. The number of carbonyl (C=O) groups excluding carboxylic acids is 3. The van der Waals surface area contributed by atoms with E-state index in [0.717, 1.165) is 116 Å². The second-order valence-corrected chi connectivity index (χ2v) is 22.9. The van der Waals surface area contributed by atoms with E-state index in [0.29, 0.717) is 18.5 Å². The van der Waals surface area contributed by atoms with Gasteiger partial charge in [0.25, 0.3) is 0 Å². The Morgan fingerprint density at radius 3 is 1.31 bits per heavy atom. The fraction of sp³-hybridized carbons (Fsp3) is 0.185. The van der Waals surface area contributed by atoms with E-state index in [9.17, 15) is 14.4 Å². The van der Waals surface area contributed by atoms with E-state index >= 15 is 0 Å². The largest absolute Gasteiger partial charge is 0.497 e. The summed E-state index contributed by atoms with van der Waals surface area (Å²) in [6.45, 7) is 10.1. The molecule has 3 aromatic carbocycles. The summed E-state index contributed by atoms with van der Waals surface area (Å²) in [4.78, 5) is 54.7. The number of fused-ring (bicyclic) bond motifs is 3. The molecule has 0 spiro atoms. The molecule has 16 heteroatoms. The van der Waals surface area contributed by atoms with Gasteiger partial charge in [-0.25, -0.2) is 15.0 Å². The average Bonchev–Trinajstić information content (AvgIpc) is 4.46. The monoisotopic (exact) mass is 1130 g/mol. The van der Waals surface area contributed by atoms with Crippen LogP contribution in [0.3, 0.4) is 0 Å². The topological polar surface area (TPSA) is 139 Å². The minimum Gasteiger partial charge on any atom is -0.497 e. The van der Waals surface area contributed by atoms with Crippen molar-refractivity contribution in [3.63, 3.8) is 0 Å². The lowest BCUT2D eigenvalue weighted by atomic mass is 10.0. The number of pyridine rings is 3. The van der Waals surface area contributed by atoms with Gasteiger partial charge in [-0.05, 0) is 154 Å². The number of nitrogens with zero attached hydrogens (tertiary/aromatic N) is 8. The van der Waals surface area contributed by atoms with Crippen LogP contribution >= 0.6 is 34.4 Å². The minimum absolute atomic E-state index is 0.0150. The molecule has 0 aliphatic carbocycles. The summed E-state index contributed by atoms with van der Waals surface area (Å²) in [6.07, 6.45) is 9.03. The quantitative estimate of drug-likeness (QED) is 0.0720. The summed E-state index contributed by atoms with van der Waals surface area (Å²) in [5.41, 5.74) is 16.8. The number of thioether (sulfide) groups is 1. The van der Waals surface area contributed by atoms with Gasteiger partial charge in [-0.1, -0.05) is 54.1 Å². The zero-order chi connectivity index (χ0) is 56.9. The number of aryl methyl sites for hydroxylation is 6. The van der Waals surface area contributed by atoms with Crippen molar-refractivity contribution >= 4 is 68.7 Å². The second kappa shape index (κ2) is 24.3. The molecule has 0 saturated heterocycles. The molecular formula is C65H60N8O5S3. The number of rotatable bonds is 15. The van der Waals surface area contributed by atoms with Crippen LogP contribution in [0.4, 0.5) is 0 Å². The first kappa shape index (κ1) is 55.6. The number of benzene rings is 3. The summed E-state index contributed by atoms with van der Waals surface area (Å²) in [5, 5.41) is 6.22. The maximum Gasteiger partial charge on any atom is 0.186 e. The highest BCUT2D eigenvalue weighted by Gasteiger charge is 2.23. The first-order valence-electron chi connectivity index (χ1n) is 26.2. The van der Waals surface area contributed by atoms with Gasteiger partial charge in [0, 0.05) is 42.3 Å². The Balaban J connectivity index is 0.000000136. The molecule has 9 aromatic heterocycles. The van der Waals surface area contributed by atoms with Gasteiger partial charge in [-0.15, -0.1) is 34.4 Å². The number of aromatic nitrogens is 8. The van der Waals surface area contributed by atoms with Crippen LogP contribution < -0.4 is 9.47 Å². The molecule has 0 aliphatic heterocycles. The van der Waals surface area contributed by atoms with Crippen LogP contribution in [-0.4, -0.2) is 75.8 Å². The van der Waals surface area contributed by atoms with Gasteiger partial charge in [0.1, 0.15) is 34.1 Å². The van der Waals surface area contributed by atoms with Crippen LogP contribution in [-0.2, 0) is 26.3 Å². The Morgan fingerprint density at radius 1 is 0.506 bits per heavy atom. The maximum absolute atomic E-state index is 13.0. The molecule has 0 radical (unpaired) electrons. The summed E-state index contributed by atoms with van der Waals surface area (Å²) >= 11 is 4.70. The Bertz CT molecular complexity index is 4220. The fourth-order valence-electron chi connectivity index (χ4n) is 9.62. The fourth-order valence-corrected chi connectivity index (χ4v) is 11.8. The molecule has 12 rings (SSSR count). The van der Waals surface area contributed by atoms with Crippen molar-refractivity contribution in [2.24, 2.45) is 7.05 Å². The Labute approximate surface area is 482 Å². The minimum atomic E-state index is 0.0150. The number of carbonyl (C=O) groups is 3. The van der Waals surface area contributed by atoms with E-state index in [2.05, 4.69) is 59.9 Å². The number of thiophene rings is 2. The molecule has 0 fully saturated rings. The van der Waals surface area contributed by atoms with Crippen molar-refractivity contribution in [3.05, 3.63) is 224 Å². The van der Waals surface area contributed by atoms with Crippen LogP contribution in [0.2, 0.25) is 0 Å². The van der Waals surface area contributed by atoms with Crippen molar-refractivity contribution in [2.75, 3.05) is 20.5 Å². The molecule has 0 amide bonds. The lowest BCUT2D eigenvalue weighted by Gasteiger charge is -2.07. The van der Waals surface area contributed by atoms with Gasteiger partial charge in [0.2, 0.25) is 0 Å². The number of ketones is 3. The SMILES string of the molecule is COc1ccc(-c2nc3ccc(C)cn3c2CC(=O)c2cc(C)nn2C)cc1.COc1ccc(-c2nc3ccc(C)cn3c2CC(=O)c2cccs2)cc1.CSc1ccc(C(=O)Cc2c(-c3ccc(C)cc3)nc3ccc(C)cn23)s1. The highest BCUT2D eigenvalue weighted by atomic mass is 32.2. The molecule has 9 heterocycles. The highest BCUT2D eigenvalue weighted by molar-refractivity contribution is 8.00. The zero-order valence-corrected chi connectivity index (χ0v) is 49.0. The first-order chi connectivity index (χ1) is 39.2. The van der Waals surface area contributed by atoms with Crippen molar-refractivity contribution in [3.8, 4) is 45.3 Å². The third kappa shape index (κ3) is 12.4. The molecule has 0 bridgehead atoms. The molecular weight excluding hydrogens is 1070 g/mol. The molecule has 0 unspecified atom stereocenters. The van der Waals surface area contributed by atoms with E-state index in [1.54, 1.807) is 49.0 Å². The predicted octanol–water partition coefficient (Wildman–Crippen LogP) is 14.4. The van der Waals surface area contributed by atoms with E-state index in [1.807, 2.05) is 163 Å².